The number of fused-ring (bicyclic) bond motifs is 1. The maximum atomic E-state index is 13.1. The molecule has 1 aliphatic heterocycles. The van der Waals surface area contributed by atoms with Gasteiger partial charge in [-0.25, -0.2) is 9.37 Å². The van der Waals surface area contributed by atoms with Crippen LogP contribution in [0.1, 0.15) is 13.3 Å². The molecule has 2 aromatic carbocycles. The van der Waals surface area contributed by atoms with Gasteiger partial charge in [0.1, 0.15) is 18.1 Å². The Labute approximate surface area is 173 Å². The minimum atomic E-state index is -0.762. The van der Waals surface area contributed by atoms with E-state index in [1.165, 1.54) is 17.0 Å². The maximum absolute atomic E-state index is 13.1. The molecular weight excluding hydrogens is 385 g/mol. The SMILES string of the molecule is CCC(Oc1ccc(-c2ccc(F)cc2)cc1)C(=O)N1CC(=O)Nc2cccnc21. The molecule has 1 aromatic heterocycles. The van der Waals surface area contributed by atoms with Crippen molar-refractivity contribution >= 4 is 23.3 Å². The zero-order valence-corrected chi connectivity index (χ0v) is 16.3. The topological polar surface area (TPSA) is 71.5 Å². The number of benzene rings is 2. The number of amides is 2. The zero-order valence-electron chi connectivity index (χ0n) is 16.3. The number of carbonyl (C=O) groups is 2. The Bertz CT molecular complexity index is 1070. The fourth-order valence-corrected chi connectivity index (χ4v) is 3.31. The summed E-state index contributed by atoms with van der Waals surface area (Å²) in [5, 5.41) is 2.72. The lowest BCUT2D eigenvalue weighted by molar-refractivity contribution is -0.127. The van der Waals surface area contributed by atoms with Crippen LogP contribution in [-0.4, -0.2) is 29.4 Å². The number of nitrogens with zero attached hydrogens (tertiary/aromatic N) is 2. The van der Waals surface area contributed by atoms with Crippen LogP contribution in [0.3, 0.4) is 0 Å². The number of hydrogen-bond donors (Lipinski definition) is 1. The first-order chi connectivity index (χ1) is 14.5. The Kier molecular flexibility index (Phi) is 5.43. The molecule has 1 aliphatic rings. The first-order valence-electron chi connectivity index (χ1n) is 9.64. The number of carbonyl (C=O) groups excluding carboxylic acids is 2. The third-order valence-corrected chi connectivity index (χ3v) is 4.84. The average molecular weight is 405 g/mol. The highest BCUT2D eigenvalue weighted by Crippen LogP contribution is 2.28. The molecule has 4 rings (SSSR count). The molecule has 0 radical (unpaired) electrons. The van der Waals surface area contributed by atoms with Crippen LogP contribution < -0.4 is 15.0 Å². The minimum Gasteiger partial charge on any atom is -0.481 e. The summed E-state index contributed by atoms with van der Waals surface area (Å²) in [6, 6.07) is 16.9. The van der Waals surface area contributed by atoms with Gasteiger partial charge in [-0.1, -0.05) is 31.2 Å². The lowest BCUT2D eigenvalue weighted by Gasteiger charge is -2.30. The van der Waals surface area contributed by atoms with Gasteiger partial charge >= 0.3 is 0 Å². The summed E-state index contributed by atoms with van der Waals surface area (Å²) in [6.45, 7) is 1.74. The number of rotatable bonds is 5. The quantitative estimate of drug-likeness (QED) is 0.696. The van der Waals surface area contributed by atoms with Crippen LogP contribution >= 0.6 is 0 Å². The molecule has 6 nitrogen and oxygen atoms in total. The van der Waals surface area contributed by atoms with Gasteiger partial charge in [0.15, 0.2) is 11.9 Å². The second-order valence-electron chi connectivity index (χ2n) is 6.89. The maximum Gasteiger partial charge on any atom is 0.269 e. The molecule has 152 valence electrons. The van der Waals surface area contributed by atoms with Crippen molar-refractivity contribution in [1.29, 1.82) is 0 Å². The first kappa shape index (κ1) is 19.6. The number of hydrogen-bond acceptors (Lipinski definition) is 4. The molecule has 1 unspecified atom stereocenters. The third kappa shape index (κ3) is 4.00. The molecule has 30 heavy (non-hydrogen) atoms. The molecule has 0 saturated heterocycles. The number of pyridine rings is 1. The third-order valence-electron chi connectivity index (χ3n) is 4.84. The fourth-order valence-electron chi connectivity index (χ4n) is 3.31. The van der Waals surface area contributed by atoms with Gasteiger partial charge in [0.25, 0.3) is 5.91 Å². The van der Waals surface area contributed by atoms with E-state index in [2.05, 4.69) is 10.3 Å². The number of aromatic nitrogens is 1. The monoisotopic (exact) mass is 405 g/mol. The molecule has 0 bridgehead atoms. The number of anilines is 2. The molecule has 3 aromatic rings. The summed E-state index contributed by atoms with van der Waals surface area (Å²) < 4.78 is 19.0. The second kappa shape index (κ2) is 8.32. The lowest BCUT2D eigenvalue weighted by atomic mass is 10.1. The normalized spacial score (nSPS) is 13.9. The van der Waals surface area contributed by atoms with Crippen molar-refractivity contribution in [2.75, 3.05) is 16.8 Å². The average Bonchev–Trinajstić information content (AvgIpc) is 2.77. The van der Waals surface area contributed by atoms with Crippen LogP contribution in [0.25, 0.3) is 11.1 Å². The summed E-state index contributed by atoms with van der Waals surface area (Å²) in [4.78, 5) is 30.7. The van der Waals surface area contributed by atoms with Crippen LogP contribution in [0.5, 0.6) is 5.75 Å². The predicted molar refractivity (Wildman–Crippen MR) is 112 cm³/mol. The van der Waals surface area contributed by atoms with Crippen molar-refractivity contribution in [3.05, 3.63) is 72.7 Å². The molecule has 0 fully saturated rings. The van der Waals surface area contributed by atoms with Crippen LogP contribution in [0.15, 0.2) is 66.9 Å². The largest absolute Gasteiger partial charge is 0.481 e. The Morgan fingerprint density at radius 2 is 1.80 bits per heavy atom. The molecule has 1 N–H and O–H groups in total. The summed E-state index contributed by atoms with van der Waals surface area (Å²) in [6.07, 6.45) is 1.24. The van der Waals surface area contributed by atoms with E-state index in [-0.39, 0.29) is 24.2 Å². The summed E-state index contributed by atoms with van der Waals surface area (Å²) in [7, 11) is 0. The van der Waals surface area contributed by atoms with E-state index in [0.717, 1.165) is 11.1 Å². The Morgan fingerprint density at radius 1 is 1.13 bits per heavy atom. The van der Waals surface area contributed by atoms with E-state index < -0.39 is 6.10 Å². The van der Waals surface area contributed by atoms with Crippen LogP contribution in [0.2, 0.25) is 0 Å². The van der Waals surface area contributed by atoms with E-state index in [9.17, 15) is 14.0 Å². The van der Waals surface area contributed by atoms with Crippen LogP contribution in [0.4, 0.5) is 15.9 Å². The Hall–Kier alpha value is -3.74. The predicted octanol–water partition coefficient (Wildman–Crippen LogP) is 4.03. The highest BCUT2D eigenvalue weighted by Gasteiger charge is 2.32. The molecule has 2 heterocycles. The summed E-state index contributed by atoms with van der Waals surface area (Å²) in [5.41, 5.74) is 2.29. The van der Waals surface area contributed by atoms with Crippen molar-refractivity contribution < 1.29 is 18.7 Å². The Balaban J connectivity index is 1.51. The van der Waals surface area contributed by atoms with Gasteiger partial charge in [0, 0.05) is 6.20 Å². The van der Waals surface area contributed by atoms with Gasteiger partial charge in [0.2, 0.25) is 5.91 Å². The van der Waals surface area contributed by atoms with E-state index in [0.29, 0.717) is 23.7 Å². The fraction of sp³-hybridized carbons (Fsp3) is 0.174. The molecule has 7 heteroatoms. The Morgan fingerprint density at radius 3 is 2.47 bits per heavy atom. The molecular formula is C23H20FN3O3. The van der Waals surface area contributed by atoms with Crippen molar-refractivity contribution in [1.82, 2.24) is 4.98 Å². The highest BCUT2D eigenvalue weighted by atomic mass is 19.1. The van der Waals surface area contributed by atoms with Crippen LogP contribution in [0, 0.1) is 5.82 Å². The second-order valence-corrected chi connectivity index (χ2v) is 6.89. The van der Waals surface area contributed by atoms with E-state index in [4.69, 9.17) is 4.74 Å². The van der Waals surface area contributed by atoms with Crippen molar-refractivity contribution in [2.24, 2.45) is 0 Å². The molecule has 0 saturated carbocycles. The summed E-state index contributed by atoms with van der Waals surface area (Å²) in [5.74, 6) is 0.0577. The number of ether oxygens (including phenoxy) is 1. The van der Waals surface area contributed by atoms with E-state index >= 15 is 0 Å². The lowest BCUT2D eigenvalue weighted by Crippen LogP contribution is -2.48. The van der Waals surface area contributed by atoms with Gasteiger partial charge in [-0.2, -0.15) is 0 Å². The first-order valence-corrected chi connectivity index (χ1v) is 9.64. The van der Waals surface area contributed by atoms with Crippen molar-refractivity contribution in [3.8, 4) is 16.9 Å². The van der Waals surface area contributed by atoms with Crippen molar-refractivity contribution in [3.63, 3.8) is 0 Å². The zero-order chi connectivity index (χ0) is 21.1. The van der Waals surface area contributed by atoms with Gasteiger partial charge in [-0.15, -0.1) is 0 Å². The van der Waals surface area contributed by atoms with Gasteiger partial charge in [0.05, 0.1) is 5.69 Å². The molecule has 0 spiro atoms. The number of nitrogens with one attached hydrogen (secondary N) is 1. The van der Waals surface area contributed by atoms with E-state index in [1.54, 1.807) is 42.6 Å². The minimum absolute atomic E-state index is 0.105. The van der Waals surface area contributed by atoms with E-state index in [1.807, 2.05) is 19.1 Å². The smallest absolute Gasteiger partial charge is 0.269 e. The molecule has 1 atom stereocenters. The van der Waals surface area contributed by atoms with Gasteiger partial charge in [-0.05, 0) is 53.9 Å². The van der Waals surface area contributed by atoms with Gasteiger partial charge < -0.3 is 10.1 Å². The molecule has 0 aliphatic carbocycles. The number of halogens is 1. The molecule has 2 amide bonds. The highest BCUT2D eigenvalue weighted by molar-refractivity contribution is 6.10. The van der Waals surface area contributed by atoms with Crippen molar-refractivity contribution in [2.45, 2.75) is 19.4 Å². The van der Waals surface area contributed by atoms with Crippen LogP contribution in [-0.2, 0) is 9.59 Å². The van der Waals surface area contributed by atoms with Gasteiger partial charge in [-0.3, -0.25) is 14.5 Å². The summed E-state index contributed by atoms with van der Waals surface area (Å²) >= 11 is 0. The standard InChI is InChI=1S/C23H20FN3O3/c1-2-20(23(29)27-14-21(28)26-19-4-3-13-25-22(19)27)30-18-11-7-16(8-12-18)15-5-9-17(24)10-6-15/h3-13,20H,2,14H2,1H3,(H,26,28).